The van der Waals surface area contributed by atoms with E-state index in [0.717, 1.165) is 6.54 Å². The molecule has 100 valence electrons. The molecule has 2 rings (SSSR count). The topological polar surface area (TPSA) is 3.24 Å². The van der Waals surface area contributed by atoms with Crippen LogP contribution in [0.3, 0.4) is 0 Å². The number of hydrogen-bond acceptors (Lipinski definition) is 1. The van der Waals surface area contributed by atoms with Gasteiger partial charge in [-0.2, -0.15) is 0 Å². The predicted molar refractivity (Wildman–Crippen MR) is 78.4 cm³/mol. The van der Waals surface area contributed by atoms with Gasteiger partial charge in [-0.1, -0.05) is 50.0 Å². The largest absolute Gasteiger partial charge is 0.286 e. The van der Waals surface area contributed by atoms with Crippen molar-refractivity contribution in [2.45, 2.75) is 63.8 Å². The second-order valence-electron chi connectivity index (χ2n) is 5.78. The van der Waals surface area contributed by atoms with E-state index in [1.165, 1.54) is 64.3 Å². The first-order valence-electron chi connectivity index (χ1n) is 7.75. The van der Waals surface area contributed by atoms with Crippen LogP contribution < -0.4 is 0 Å². The van der Waals surface area contributed by atoms with Gasteiger partial charge in [-0.15, -0.1) is 6.58 Å². The summed E-state index contributed by atoms with van der Waals surface area (Å²) in [5.41, 5.74) is 0. The molecule has 0 aromatic rings. The molecule has 1 aliphatic heterocycles. The molecule has 2 fully saturated rings. The smallest absolute Gasteiger partial charge is 0.0606 e. The van der Waals surface area contributed by atoms with Gasteiger partial charge in [0.2, 0.25) is 0 Å². The highest BCUT2D eigenvalue weighted by Crippen LogP contribution is 2.22. The molecule has 1 saturated heterocycles. The molecular weight excluding hydrogens is 218 g/mol. The summed E-state index contributed by atoms with van der Waals surface area (Å²) in [6.45, 7) is 6.14. The summed E-state index contributed by atoms with van der Waals surface area (Å²) < 4.78 is 0. The Hall–Kier alpha value is -0.740. The van der Waals surface area contributed by atoms with Crippen LogP contribution >= 0.6 is 0 Å². The summed E-state index contributed by atoms with van der Waals surface area (Å²) in [6.07, 6.45) is 14.3. The standard InChI is InChI=1S/C17H27N/c1-2-17-13-7-4-8-14-18(17)15-9-12-16-10-5-3-6-11-16/h2,16-17H,1,3-8,10-11,13-15H2. The highest BCUT2D eigenvalue weighted by Gasteiger charge is 2.17. The Balaban J connectivity index is 1.82. The molecule has 0 N–H and O–H groups in total. The van der Waals surface area contributed by atoms with Crippen molar-refractivity contribution in [3.8, 4) is 11.8 Å². The van der Waals surface area contributed by atoms with Crippen molar-refractivity contribution in [1.29, 1.82) is 0 Å². The third-order valence-electron chi connectivity index (χ3n) is 4.38. The van der Waals surface area contributed by atoms with Gasteiger partial charge in [-0.3, -0.25) is 4.90 Å². The Morgan fingerprint density at radius 1 is 1.00 bits per heavy atom. The van der Waals surface area contributed by atoms with Crippen molar-refractivity contribution in [1.82, 2.24) is 4.90 Å². The molecule has 1 aliphatic carbocycles. The Kier molecular flexibility index (Phi) is 5.81. The highest BCUT2D eigenvalue weighted by atomic mass is 15.1. The first-order chi connectivity index (χ1) is 8.90. The molecule has 0 bridgehead atoms. The lowest BCUT2D eigenvalue weighted by Crippen LogP contribution is -2.33. The van der Waals surface area contributed by atoms with Gasteiger partial charge in [0.05, 0.1) is 6.54 Å². The predicted octanol–water partition coefficient (Wildman–Crippen LogP) is 4.00. The van der Waals surface area contributed by atoms with Gasteiger partial charge in [0, 0.05) is 12.0 Å². The molecule has 0 aromatic heterocycles. The molecule has 0 radical (unpaired) electrons. The van der Waals surface area contributed by atoms with E-state index in [1.54, 1.807) is 0 Å². The fourth-order valence-corrected chi connectivity index (χ4v) is 3.20. The maximum absolute atomic E-state index is 3.98. The summed E-state index contributed by atoms with van der Waals surface area (Å²) in [7, 11) is 0. The van der Waals surface area contributed by atoms with Gasteiger partial charge in [0.25, 0.3) is 0 Å². The molecule has 1 unspecified atom stereocenters. The normalized spacial score (nSPS) is 27.0. The quantitative estimate of drug-likeness (QED) is 0.525. The van der Waals surface area contributed by atoms with Crippen LogP contribution in [0.25, 0.3) is 0 Å². The summed E-state index contributed by atoms with van der Waals surface area (Å²) in [5.74, 6) is 7.64. The van der Waals surface area contributed by atoms with Crippen LogP contribution in [0.2, 0.25) is 0 Å². The lowest BCUT2D eigenvalue weighted by molar-refractivity contribution is 0.264. The van der Waals surface area contributed by atoms with Crippen molar-refractivity contribution in [3.63, 3.8) is 0 Å². The van der Waals surface area contributed by atoms with Gasteiger partial charge >= 0.3 is 0 Å². The maximum Gasteiger partial charge on any atom is 0.0606 e. The molecule has 1 saturated carbocycles. The SMILES string of the molecule is C=CC1CCCCCN1CC#CC1CCCCC1. The molecule has 1 heteroatoms. The zero-order valence-corrected chi connectivity index (χ0v) is 11.7. The van der Waals surface area contributed by atoms with E-state index in [9.17, 15) is 0 Å². The Morgan fingerprint density at radius 2 is 1.72 bits per heavy atom. The summed E-state index contributed by atoms with van der Waals surface area (Å²) >= 11 is 0. The minimum atomic E-state index is 0.563. The number of hydrogen-bond donors (Lipinski definition) is 0. The Morgan fingerprint density at radius 3 is 2.50 bits per heavy atom. The van der Waals surface area contributed by atoms with Gasteiger partial charge in [-0.25, -0.2) is 0 Å². The minimum absolute atomic E-state index is 0.563. The Bertz CT molecular complexity index is 303. The fraction of sp³-hybridized carbons (Fsp3) is 0.765. The van der Waals surface area contributed by atoms with Crippen LogP contribution in [0.15, 0.2) is 12.7 Å². The van der Waals surface area contributed by atoms with Gasteiger partial charge in [0.15, 0.2) is 0 Å². The molecular formula is C17H27N. The van der Waals surface area contributed by atoms with Gasteiger partial charge < -0.3 is 0 Å². The summed E-state index contributed by atoms with van der Waals surface area (Å²) in [4.78, 5) is 2.52. The van der Waals surface area contributed by atoms with E-state index in [2.05, 4.69) is 29.4 Å². The van der Waals surface area contributed by atoms with Crippen molar-refractivity contribution < 1.29 is 0 Å². The zero-order valence-electron chi connectivity index (χ0n) is 11.7. The van der Waals surface area contributed by atoms with Crippen molar-refractivity contribution in [2.75, 3.05) is 13.1 Å². The lowest BCUT2D eigenvalue weighted by atomic mass is 9.90. The van der Waals surface area contributed by atoms with E-state index in [-0.39, 0.29) is 0 Å². The van der Waals surface area contributed by atoms with Crippen LogP contribution in [0.4, 0.5) is 0 Å². The molecule has 1 atom stereocenters. The molecule has 2 aliphatic rings. The van der Waals surface area contributed by atoms with E-state index in [1.807, 2.05) is 0 Å². The average Bonchev–Trinajstić information content (AvgIpc) is 2.65. The van der Waals surface area contributed by atoms with Crippen molar-refractivity contribution >= 4 is 0 Å². The molecule has 1 nitrogen and oxygen atoms in total. The average molecular weight is 245 g/mol. The van der Waals surface area contributed by atoms with Gasteiger partial charge in [-0.05, 0) is 32.2 Å². The van der Waals surface area contributed by atoms with E-state index < -0.39 is 0 Å². The van der Waals surface area contributed by atoms with E-state index in [0.29, 0.717) is 12.0 Å². The van der Waals surface area contributed by atoms with E-state index >= 15 is 0 Å². The maximum atomic E-state index is 3.98. The van der Waals surface area contributed by atoms with Crippen molar-refractivity contribution in [2.24, 2.45) is 5.92 Å². The number of rotatable bonds is 2. The second kappa shape index (κ2) is 7.64. The number of nitrogens with zero attached hydrogens (tertiary/aromatic N) is 1. The number of likely N-dealkylation sites (tertiary alicyclic amines) is 1. The van der Waals surface area contributed by atoms with Crippen LogP contribution in [0.1, 0.15) is 57.8 Å². The molecule has 0 spiro atoms. The molecule has 0 aromatic carbocycles. The van der Waals surface area contributed by atoms with Crippen LogP contribution in [-0.4, -0.2) is 24.0 Å². The molecule has 1 heterocycles. The first kappa shape index (κ1) is 13.7. The van der Waals surface area contributed by atoms with Crippen LogP contribution in [-0.2, 0) is 0 Å². The summed E-state index contributed by atoms with van der Waals surface area (Å²) in [5, 5.41) is 0. The second-order valence-corrected chi connectivity index (χ2v) is 5.78. The lowest BCUT2D eigenvalue weighted by Gasteiger charge is -2.25. The summed E-state index contributed by atoms with van der Waals surface area (Å²) in [6, 6.07) is 0.563. The highest BCUT2D eigenvalue weighted by molar-refractivity contribution is 5.07. The minimum Gasteiger partial charge on any atom is -0.286 e. The van der Waals surface area contributed by atoms with E-state index in [4.69, 9.17) is 0 Å². The van der Waals surface area contributed by atoms with Crippen LogP contribution in [0, 0.1) is 17.8 Å². The monoisotopic (exact) mass is 245 g/mol. The first-order valence-corrected chi connectivity index (χ1v) is 7.75. The van der Waals surface area contributed by atoms with Crippen molar-refractivity contribution in [3.05, 3.63) is 12.7 Å². The Labute approximate surface area is 113 Å². The van der Waals surface area contributed by atoms with Crippen LogP contribution in [0.5, 0.6) is 0 Å². The molecule has 0 amide bonds. The zero-order chi connectivity index (χ0) is 12.6. The molecule has 18 heavy (non-hydrogen) atoms. The fourth-order valence-electron chi connectivity index (χ4n) is 3.20. The third-order valence-corrected chi connectivity index (χ3v) is 4.38. The van der Waals surface area contributed by atoms with Gasteiger partial charge in [0.1, 0.15) is 0 Å². The third kappa shape index (κ3) is 4.18.